The molecule has 0 aliphatic carbocycles. The van der Waals surface area contributed by atoms with Crippen molar-refractivity contribution in [3.05, 3.63) is 22.9 Å². The number of allylic oxidation sites excluding steroid dienone is 4. The Hall–Kier alpha value is 0.325. The zero-order chi connectivity index (χ0) is 8.85. The highest BCUT2D eigenvalue weighted by molar-refractivity contribution is 8.39. The van der Waals surface area contributed by atoms with Gasteiger partial charge < -0.3 is 0 Å². The molecule has 0 aliphatic rings. The van der Waals surface area contributed by atoms with Gasteiger partial charge in [0.15, 0.2) is 0 Å². The number of thiol groups is 1. The molecule has 0 rings (SSSR count). The number of rotatable bonds is 3. The van der Waals surface area contributed by atoms with Gasteiger partial charge in [0, 0.05) is 0 Å². The molecule has 0 saturated heterocycles. The van der Waals surface area contributed by atoms with Gasteiger partial charge in [0.05, 0.1) is 0 Å². The molecule has 1 atom stereocenters. The Kier molecular flexibility index (Phi) is 6.08. The summed E-state index contributed by atoms with van der Waals surface area (Å²) in [6.07, 6.45) is 4.07. The molecule has 0 amide bonds. The van der Waals surface area contributed by atoms with E-state index in [1.807, 2.05) is 13.0 Å². The Morgan fingerprint density at radius 3 is 2.36 bits per heavy atom. The molecule has 0 aromatic rings. The average Bonchev–Trinajstić information content (AvgIpc) is 1.88. The normalized spacial score (nSPS) is 15.4. The summed E-state index contributed by atoms with van der Waals surface area (Å²) in [6.45, 7) is 6.21. The fourth-order valence-corrected chi connectivity index (χ4v) is 1.86. The molecular weight excluding hydrogens is 170 g/mol. The summed E-state index contributed by atoms with van der Waals surface area (Å²) < 4.78 is 0. The van der Waals surface area contributed by atoms with Gasteiger partial charge in [0.25, 0.3) is 0 Å². The Labute approximate surface area is 77.9 Å². The lowest BCUT2D eigenvalue weighted by Gasteiger charge is -2.05. The standard InChI is InChI=1S/C8H14BPS/c1-4-8(10-11)7(9)5-6(2)3/h4-6,10-11H,1-3H3/b7-5+,8-4+. The molecule has 3 heteroatoms. The van der Waals surface area contributed by atoms with Crippen molar-refractivity contribution in [3.63, 3.8) is 0 Å². The molecule has 2 radical (unpaired) electrons. The second kappa shape index (κ2) is 5.91. The first-order chi connectivity index (χ1) is 5.11. The van der Waals surface area contributed by atoms with Gasteiger partial charge in [-0.2, -0.15) is 0 Å². The summed E-state index contributed by atoms with van der Waals surface area (Å²) in [6, 6.07) is 0. The highest BCUT2D eigenvalue weighted by Gasteiger charge is 1.96. The summed E-state index contributed by atoms with van der Waals surface area (Å²) in [4.78, 5) is 0. The molecule has 0 bridgehead atoms. The predicted molar refractivity (Wildman–Crippen MR) is 59.7 cm³/mol. The van der Waals surface area contributed by atoms with E-state index in [1.54, 1.807) is 0 Å². The lowest BCUT2D eigenvalue weighted by molar-refractivity contribution is 0.830. The van der Waals surface area contributed by atoms with E-state index in [9.17, 15) is 0 Å². The molecular formula is C8H14BPS. The van der Waals surface area contributed by atoms with E-state index in [-0.39, 0.29) is 0 Å². The van der Waals surface area contributed by atoms with E-state index in [0.29, 0.717) is 13.7 Å². The molecule has 0 nitrogen and oxygen atoms in total. The van der Waals surface area contributed by atoms with E-state index in [1.165, 1.54) is 0 Å². The van der Waals surface area contributed by atoms with Gasteiger partial charge in [-0.05, 0) is 25.9 Å². The van der Waals surface area contributed by atoms with Crippen molar-refractivity contribution >= 4 is 27.9 Å². The summed E-state index contributed by atoms with van der Waals surface area (Å²) in [5.74, 6) is 0.509. The molecule has 0 aliphatic heterocycles. The highest BCUT2D eigenvalue weighted by atomic mass is 32.7. The van der Waals surface area contributed by atoms with Crippen LogP contribution in [0.1, 0.15) is 20.8 Å². The first-order valence-electron chi connectivity index (χ1n) is 3.66. The topological polar surface area (TPSA) is 0 Å². The molecule has 0 aromatic carbocycles. The van der Waals surface area contributed by atoms with Gasteiger partial charge >= 0.3 is 0 Å². The lowest BCUT2D eigenvalue weighted by Crippen LogP contribution is -1.87. The van der Waals surface area contributed by atoms with Crippen LogP contribution < -0.4 is 0 Å². The lowest BCUT2D eigenvalue weighted by atomic mass is 9.92. The maximum atomic E-state index is 5.79. The number of hydrogen-bond donors (Lipinski definition) is 1. The van der Waals surface area contributed by atoms with Crippen molar-refractivity contribution in [3.8, 4) is 0 Å². The van der Waals surface area contributed by atoms with Gasteiger partial charge in [-0.15, -0.1) is 12.2 Å². The minimum Gasteiger partial charge on any atom is -0.150 e. The van der Waals surface area contributed by atoms with Crippen molar-refractivity contribution in [2.24, 2.45) is 5.92 Å². The second-order valence-electron chi connectivity index (χ2n) is 2.68. The average molecular weight is 184 g/mol. The second-order valence-corrected chi connectivity index (χ2v) is 4.11. The summed E-state index contributed by atoms with van der Waals surface area (Å²) in [7, 11) is 6.28. The van der Waals surface area contributed by atoms with Crippen LogP contribution in [-0.4, -0.2) is 7.85 Å². The van der Waals surface area contributed by atoms with Crippen LogP contribution in [0.2, 0.25) is 0 Å². The van der Waals surface area contributed by atoms with Gasteiger partial charge in [0.1, 0.15) is 7.85 Å². The first-order valence-corrected chi connectivity index (χ1v) is 5.94. The van der Waals surface area contributed by atoms with Crippen LogP contribution in [0.25, 0.3) is 0 Å². The fraction of sp³-hybridized carbons (Fsp3) is 0.500. The summed E-state index contributed by atoms with van der Waals surface area (Å²) >= 11 is 4.20. The third-order valence-corrected chi connectivity index (χ3v) is 2.77. The van der Waals surface area contributed by atoms with Gasteiger partial charge in [0.2, 0.25) is 0 Å². The van der Waals surface area contributed by atoms with Crippen LogP contribution in [-0.2, 0) is 0 Å². The van der Waals surface area contributed by atoms with Crippen molar-refractivity contribution in [2.75, 3.05) is 0 Å². The van der Waals surface area contributed by atoms with Crippen molar-refractivity contribution in [1.29, 1.82) is 0 Å². The molecule has 0 N–H and O–H groups in total. The largest absolute Gasteiger partial charge is 0.150 e. The zero-order valence-corrected chi connectivity index (χ0v) is 9.15. The summed E-state index contributed by atoms with van der Waals surface area (Å²) in [5, 5.41) is 1.14. The SMILES string of the molecule is [B]C(=C/C(C)C)/C(=C\C)PS. The van der Waals surface area contributed by atoms with Gasteiger partial charge in [-0.25, -0.2) is 0 Å². The minimum atomic E-state index is 0.491. The van der Waals surface area contributed by atoms with Crippen molar-refractivity contribution in [1.82, 2.24) is 0 Å². The monoisotopic (exact) mass is 184 g/mol. The zero-order valence-electron chi connectivity index (χ0n) is 7.26. The summed E-state index contributed by atoms with van der Waals surface area (Å²) in [5.41, 5.74) is 0.871. The molecule has 0 aromatic heterocycles. The van der Waals surface area contributed by atoms with Gasteiger partial charge in [-0.3, -0.25) is 0 Å². The van der Waals surface area contributed by atoms with Crippen LogP contribution in [0.15, 0.2) is 22.9 Å². The van der Waals surface area contributed by atoms with E-state index < -0.39 is 0 Å². The third-order valence-electron chi connectivity index (χ3n) is 1.23. The van der Waals surface area contributed by atoms with E-state index >= 15 is 0 Å². The Morgan fingerprint density at radius 1 is 1.55 bits per heavy atom. The van der Waals surface area contributed by atoms with Crippen LogP contribution in [0.4, 0.5) is 0 Å². The molecule has 1 unspecified atom stereocenters. The molecule has 0 heterocycles. The fourth-order valence-electron chi connectivity index (χ4n) is 0.745. The predicted octanol–water partition coefficient (Wildman–Crippen LogP) is 3.12. The van der Waals surface area contributed by atoms with E-state index in [4.69, 9.17) is 7.85 Å². The van der Waals surface area contributed by atoms with Gasteiger partial charge in [-0.1, -0.05) is 31.5 Å². The minimum absolute atomic E-state index is 0.491. The molecule has 0 fully saturated rings. The Morgan fingerprint density at radius 2 is 2.09 bits per heavy atom. The Balaban J connectivity index is 4.32. The number of hydrogen-bond acceptors (Lipinski definition) is 1. The van der Waals surface area contributed by atoms with Crippen molar-refractivity contribution < 1.29 is 0 Å². The molecule has 60 valence electrons. The smallest absolute Gasteiger partial charge is 0.114 e. The molecule has 11 heavy (non-hydrogen) atoms. The van der Waals surface area contributed by atoms with E-state index in [0.717, 1.165) is 10.8 Å². The van der Waals surface area contributed by atoms with Crippen LogP contribution in [0.3, 0.4) is 0 Å². The molecule has 0 spiro atoms. The van der Waals surface area contributed by atoms with Crippen LogP contribution in [0.5, 0.6) is 0 Å². The van der Waals surface area contributed by atoms with Crippen LogP contribution >= 0.6 is 20.0 Å². The first kappa shape index (κ1) is 11.3. The van der Waals surface area contributed by atoms with Crippen LogP contribution in [0, 0.1) is 5.92 Å². The maximum Gasteiger partial charge on any atom is 0.114 e. The highest BCUT2D eigenvalue weighted by Crippen LogP contribution is 2.32. The third kappa shape index (κ3) is 4.71. The molecule has 0 saturated carbocycles. The quantitative estimate of drug-likeness (QED) is 0.296. The Bertz CT molecular complexity index is 173. The van der Waals surface area contributed by atoms with Crippen molar-refractivity contribution in [2.45, 2.75) is 20.8 Å². The maximum absolute atomic E-state index is 5.79. The van der Waals surface area contributed by atoms with E-state index in [2.05, 4.69) is 32.2 Å².